The van der Waals surface area contributed by atoms with E-state index in [1.807, 2.05) is 30.3 Å². The lowest BCUT2D eigenvalue weighted by atomic mass is 10.1. The van der Waals surface area contributed by atoms with Gasteiger partial charge in [-0.15, -0.1) is 11.3 Å². The summed E-state index contributed by atoms with van der Waals surface area (Å²) in [5.74, 6) is 1.64. The number of carbonyl (C=O) groups is 1. The monoisotopic (exact) mass is 476 g/mol. The van der Waals surface area contributed by atoms with Crippen molar-refractivity contribution < 1.29 is 14.1 Å². The zero-order valence-electron chi connectivity index (χ0n) is 19.3. The maximum atomic E-state index is 12.3. The molecule has 4 rings (SSSR count). The molecule has 34 heavy (non-hydrogen) atoms. The molecule has 176 valence electrons. The van der Waals surface area contributed by atoms with Crippen molar-refractivity contribution >= 4 is 17.2 Å². The Bertz CT molecular complexity index is 1160. The van der Waals surface area contributed by atoms with E-state index in [9.17, 15) is 4.79 Å². The molecule has 0 radical (unpaired) electrons. The predicted octanol–water partition coefficient (Wildman–Crippen LogP) is 4.70. The lowest BCUT2D eigenvalue weighted by Crippen LogP contribution is -2.33. The summed E-state index contributed by atoms with van der Waals surface area (Å²) in [6.45, 7) is 3.66. The van der Waals surface area contributed by atoms with Crippen LogP contribution in [0.4, 0.5) is 0 Å². The molecular weight excluding hydrogens is 448 g/mol. The number of hydrogen-bond donors (Lipinski definition) is 1. The van der Waals surface area contributed by atoms with E-state index in [1.165, 1.54) is 10.4 Å². The molecule has 0 saturated carbocycles. The first kappa shape index (κ1) is 23.7. The Labute approximate surface area is 203 Å². The molecule has 0 aliphatic rings. The number of benzene rings is 2. The van der Waals surface area contributed by atoms with Crippen molar-refractivity contribution in [2.45, 2.75) is 39.0 Å². The van der Waals surface area contributed by atoms with Crippen LogP contribution in [0.1, 0.15) is 39.4 Å². The molecule has 0 aliphatic heterocycles. The zero-order valence-corrected chi connectivity index (χ0v) is 20.1. The summed E-state index contributed by atoms with van der Waals surface area (Å²) in [5, 5.41) is 9.00. The Kier molecular flexibility index (Phi) is 8.06. The smallest absolute Gasteiger partial charge is 0.251 e. The Hall–Kier alpha value is -3.49. The Morgan fingerprint density at radius 2 is 1.88 bits per heavy atom. The second kappa shape index (κ2) is 11.6. The predicted molar refractivity (Wildman–Crippen MR) is 132 cm³/mol. The summed E-state index contributed by atoms with van der Waals surface area (Å²) in [4.78, 5) is 20.4. The van der Waals surface area contributed by atoms with E-state index < -0.39 is 0 Å². The fourth-order valence-corrected chi connectivity index (χ4v) is 4.46. The van der Waals surface area contributed by atoms with Gasteiger partial charge in [-0.25, -0.2) is 0 Å². The van der Waals surface area contributed by atoms with Gasteiger partial charge in [0, 0.05) is 23.0 Å². The molecule has 8 heteroatoms. The Morgan fingerprint density at radius 3 is 2.59 bits per heavy atom. The summed E-state index contributed by atoms with van der Waals surface area (Å²) in [5.41, 5.74) is 1.77. The number of nitrogens with zero attached hydrogens (tertiary/aromatic N) is 3. The largest absolute Gasteiger partial charge is 0.497 e. The normalized spacial score (nSPS) is 12.0. The van der Waals surface area contributed by atoms with Gasteiger partial charge in [-0.3, -0.25) is 9.69 Å². The topological polar surface area (TPSA) is 80.5 Å². The van der Waals surface area contributed by atoms with Crippen LogP contribution in [-0.4, -0.2) is 34.1 Å². The van der Waals surface area contributed by atoms with Crippen LogP contribution in [0.3, 0.4) is 0 Å². The van der Waals surface area contributed by atoms with Crippen LogP contribution in [0.15, 0.2) is 76.6 Å². The highest BCUT2D eigenvalue weighted by Crippen LogP contribution is 2.20. The van der Waals surface area contributed by atoms with Crippen molar-refractivity contribution in [1.29, 1.82) is 0 Å². The van der Waals surface area contributed by atoms with E-state index in [1.54, 1.807) is 30.6 Å². The number of rotatable bonds is 11. The minimum absolute atomic E-state index is 0.169. The molecule has 1 atom stereocenters. The molecule has 1 amide bonds. The third-order valence-electron chi connectivity index (χ3n) is 5.54. The lowest BCUT2D eigenvalue weighted by molar-refractivity contribution is 0.0949. The van der Waals surface area contributed by atoms with Crippen molar-refractivity contribution in [2.24, 2.45) is 0 Å². The highest BCUT2D eigenvalue weighted by molar-refractivity contribution is 7.09. The van der Waals surface area contributed by atoms with Gasteiger partial charge in [-0.1, -0.05) is 41.6 Å². The molecule has 0 fully saturated rings. The van der Waals surface area contributed by atoms with E-state index in [2.05, 4.69) is 56.9 Å². The first-order chi connectivity index (χ1) is 16.6. The van der Waals surface area contributed by atoms with Gasteiger partial charge in [0.2, 0.25) is 5.89 Å². The standard InChI is InChI=1S/C26H28N4O3S/c1-19(15-23-9-6-14-34-23)30(17-20-10-12-22(32-2)13-11-20)18-25-28-24(29-33-25)16-27-26(31)21-7-4-3-5-8-21/h3-14,19H,15-18H2,1-2H3,(H,27,31)/t19-/m0/s1. The van der Waals surface area contributed by atoms with Gasteiger partial charge in [-0.05, 0) is 54.6 Å². The van der Waals surface area contributed by atoms with Gasteiger partial charge in [-0.2, -0.15) is 4.98 Å². The fraction of sp³-hybridized carbons (Fsp3) is 0.269. The van der Waals surface area contributed by atoms with Crippen molar-refractivity contribution in [1.82, 2.24) is 20.4 Å². The number of carbonyl (C=O) groups excluding carboxylic acids is 1. The maximum Gasteiger partial charge on any atom is 0.251 e. The van der Waals surface area contributed by atoms with Gasteiger partial charge in [0.15, 0.2) is 5.82 Å². The van der Waals surface area contributed by atoms with Crippen molar-refractivity contribution in [3.05, 3.63) is 99.8 Å². The molecule has 7 nitrogen and oxygen atoms in total. The van der Waals surface area contributed by atoms with Crippen LogP contribution < -0.4 is 10.1 Å². The number of thiophene rings is 1. The van der Waals surface area contributed by atoms with Crippen molar-refractivity contribution in [3.63, 3.8) is 0 Å². The second-order valence-electron chi connectivity index (χ2n) is 8.04. The van der Waals surface area contributed by atoms with E-state index in [0.29, 0.717) is 23.8 Å². The van der Waals surface area contributed by atoms with E-state index in [-0.39, 0.29) is 18.5 Å². The molecule has 2 aromatic heterocycles. The molecule has 2 aromatic carbocycles. The minimum Gasteiger partial charge on any atom is -0.497 e. The first-order valence-electron chi connectivity index (χ1n) is 11.1. The summed E-state index contributed by atoms with van der Waals surface area (Å²) in [7, 11) is 1.67. The number of methoxy groups -OCH3 is 1. The summed E-state index contributed by atoms with van der Waals surface area (Å²) in [6, 6.07) is 21.6. The molecule has 4 aromatic rings. The van der Waals surface area contributed by atoms with Crippen LogP contribution in [0.25, 0.3) is 0 Å². The van der Waals surface area contributed by atoms with E-state index in [0.717, 1.165) is 18.7 Å². The summed E-state index contributed by atoms with van der Waals surface area (Å²) >= 11 is 1.76. The van der Waals surface area contributed by atoms with Crippen LogP contribution in [0.5, 0.6) is 5.75 Å². The lowest BCUT2D eigenvalue weighted by Gasteiger charge is -2.27. The zero-order chi connectivity index (χ0) is 23.8. The third-order valence-corrected chi connectivity index (χ3v) is 6.44. The molecule has 2 heterocycles. The number of ether oxygens (including phenoxy) is 1. The van der Waals surface area contributed by atoms with Gasteiger partial charge in [0.1, 0.15) is 5.75 Å². The SMILES string of the molecule is COc1ccc(CN(Cc2nc(CNC(=O)c3ccccc3)no2)[C@@H](C)Cc2cccs2)cc1. The maximum absolute atomic E-state index is 12.3. The van der Waals surface area contributed by atoms with Crippen LogP contribution in [0, 0.1) is 0 Å². The van der Waals surface area contributed by atoms with Crippen LogP contribution in [0.2, 0.25) is 0 Å². The Morgan fingerprint density at radius 1 is 1.09 bits per heavy atom. The van der Waals surface area contributed by atoms with Crippen molar-refractivity contribution in [3.8, 4) is 5.75 Å². The fourth-order valence-electron chi connectivity index (χ4n) is 3.63. The summed E-state index contributed by atoms with van der Waals surface area (Å²) in [6.07, 6.45) is 0.932. The summed E-state index contributed by atoms with van der Waals surface area (Å²) < 4.78 is 10.8. The quantitative estimate of drug-likeness (QED) is 0.338. The van der Waals surface area contributed by atoms with Gasteiger partial charge < -0.3 is 14.6 Å². The number of nitrogens with one attached hydrogen (secondary N) is 1. The van der Waals surface area contributed by atoms with Gasteiger partial charge in [0.25, 0.3) is 5.91 Å². The van der Waals surface area contributed by atoms with Gasteiger partial charge >= 0.3 is 0 Å². The first-order valence-corrected chi connectivity index (χ1v) is 12.0. The molecule has 0 spiro atoms. The number of hydrogen-bond acceptors (Lipinski definition) is 7. The highest BCUT2D eigenvalue weighted by atomic mass is 32.1. The third kappa shape index (κ3) is 6.52. The number of amides is 1. The van der Waals surface area contributed by atoms with Crippen LogP contribution in [-0.2, 0) is 26.1 Å². The molecule has 0 unspecified atom stereocenters. The minimum atomic E-state index is -0.169. The van der Waals surface area contributed by atoms with Gasteiger partial charge in [0.05, 0.1) is 20.2 Å². The average Bonchev–Trinajstić information content (AvgIpc) is 3.55. The molecule has 1 N–H and O–H groups in total. The average molecular weight is 477 g/mol. The Balaban J connectivity index is 1.41. The molecule has 0 aliphatic carbocycles. The molecule has 0 bridgehead atoms. The highest BCUT2D eigenvalue weighted by Gasteiger charge is 2.19. The van der Waals surface area contributed by atoms with Crippen molar-refractivity contribution in [2.75, 3.05) is 7.11 Å². The van der Waals surface area contributed by atoms with E-state index >= 15 is 0 Å². The molecule has 0 saturated heterocycles. The molecular formula is C26H28N4O3S. The number of aromatic nitrogens is 2. The van der Waals surface area contributed by atoms with Crippen LogP contribution >= 0.6 is 11.3 Å². The van der Waals surface area contributed by atoms with E-state index in [4.69, 9.17) is 9.26 Å². The second-order valence-corrected chi connectivity index (χ2v) is 9.07.